The molecule has 2 unspecified atom stereocenters. The van der Waals surface area contributed by atoms with E-state index in [0.29, 0.717) is 5.84 Å². The zero-order chi connectivity index (χ0) is 16.6. The van der Waals surface area contributed by atoms with E-state index in [4.69, 9.17) is 15.0 Å². The number of anilines is 1. The maximum Gasteiger partial charge on any atom is 0.194 e. The van der Waals surface area contributed by atoms with Gasteiger partial charge in [-0.1, -0.05) is 72.8 Å². The van der Waals surface area contributed by atoms with Crippen molar-refractivity contribution in [2.75, 3.05) is 4.90 Å². The highest BCUT2D eigenvalue weighted by atomic mass is 15.3. The second-order valence-electron chi connectivity index (χ2n) is 6.15. The molecule has 0 spiro atoms. The minimum absolute atomic E-state index is 0.0537. The van der Waals surface area contributed by atoms with Crippen LogP contribution in [0.2, 0.25) is 0 Å². The molecule has 0 fully saturated rings. The number of amidine groups is 3. The number of hydrogen-bond donors (Lipinski definition) is 0. The van der Waals surface area contributed by atoms with Crippen LogP contribution in [0.4, 0.5) is 5.69 Å². The molecule has 0 radical (unpaired) electrons. The molecule has 0 saturated heterocycles. The van der Waals surface area contributed by atoms with Crippen LogP contribution in [0.3, 0.4) is 0 Å². The molecule has 3 aliphatic rings. The number of nitrogens with zero attached hydrogens (tertiary/aromatic N) is 4. The average Bonchev–Trinajstić information content (AvgIpc) is 3.11. The van der Waals surface area contributed by atoms with Gasteiger partial charge in [0.1, 0.15) is 0 Å². The van der Waals surface area contributed by atoms with Crippen molar-refractivity contribution >= 4 is 23.2 Å². The topological polar surface area (TPSA) is 40.3 Å². The first kappa shape index (κ1) is 14.1. The van der Waals surface area contributed by atoms with Gasteiger partial charge < -0.3 is 4.90 Å². The van der Waals surface area contributed by atoms with Crippen LogP contribution in [0.5, 0.6) is 0 Å². The summed E-state index contributed by atoms with van der Waals surface area (Å²) in [5.74, 6) is 2.26. The average molecular weight is 324 g/mol. The van der Waals surface area contributed by atoms with Crippen molar-refractivity contribution in [2.45, 2.75) is 12.1 Å². The molecule has 0 aromatic heterocycles. The Bertz CT molecular complexity index is 952. The van der Waals surface area contributed by atoms with Gasteiger partial charge in [-0.3, -0.25) is 4.99 Å². The molecule has 2 aromatic rings. The molecule has 120 valence electrons. The lowest BCUT2D eigenvalue weighted by atomic mass is 9.98. The number of benzene rings is 2. The lowest BCUT2D eigenvalue weighted by molar-refractivity contribution is 0.680. The molecule has 0 saturated carbocycles. The van der Waals surface area contributed by atoms with Crippen molar-refractivity contribution in [1.29, 1.82) is 0 Å². The molecule has 2 aliphatic heterocycles. The smallest absolute Gasteiger partial charge is 0.194 e. The van der Waals surface area contributed by atoms with Crippen LogP contribution >= 0.6 is 0 Å². The van der Waals surface area contributed by atoms with Gasteiger partial charge in [0, 0.05) is 11.3 Å². The molecule has 0 N–H and O–H groups in total. The Balaban J connectivity index is 1.65. The van der Waals surface area contributed by atoms with Gasteiger partial charge in [0.25, 0.3) is 0 Å². The minimum atomic E-state index is 0.0537. The van der Waals surface area contributed by atoms with Crippen LogP contribution in [0.1, 0.15) is 5.56 Å². The zero-order valence-electron chi connectivity index (χ0n) is 13.5. The molecular weight excluding hydrogens is 308 g/mol. The van der Waals surface area contributed by atoms with Crippen LogP contribution in [0, 0.1) is 0 Å². The van der Waals surface area contributed by atoms with E-state index in [-0.39, 0.29) is 12.1 Å². The fourth-order valence-electron chi connectivity index (χ4n) is 3.40. The maximum atomic E-state index is 4.84. The number of allylic oxidation sites excluding steroid dienone is 2. The summed E-state index contributed by atoms with van der Waals surface area (Å²) in [6, 6.07) is 20.6. The number of rotatable bonds is 2. The minimum Gasteiger partial charge on any atom is -0.314 e. The molecule has 25 heavy (non-hydrogen) atoms. The lowest BCUT2D eigenvalue weighted by Gasteiger charge is -2.38. The van der Waals surface area contributed by atoms with Crippen molar-refractivity contribution in [1.82, 2.24) is 0 Å². The highest BCUT2D eigenvalue weighted by Gasteiger charge is 2.38. The van der Waals surface area contributed by atoms with Gasteiger partial charge in [0.15, 0.2) is 17.5 Å². The third-order valence-electron chi connectivity index (χ3n) is 4.57. The highest BCUT2D eigenvalue weighted by Crippen LogP contribution is 2.30. The van der Waals surface area contributed by atoms with Gasteiger partial charge in [-0.15, -0.1) is 0 Å². The van der Waals surface area contributed by atoms with Crippen LogP contribution in [-0.4, -0.2) is 29.6 Å². The summed E-state index contributed by atoms with van der Waals surface area (Å²) in [7, 11) is 0. The molecule has 5 rings (SSSR count). The molecule has 4 heteroatoms. The molecular formula is C21H16N4. The first-order valence-corrected chi connectivity index (χ1v) is 8.40. The molecule has 2 heterocycles. The summed E-state index contributed by atoms with van der Waals surface area (Å²) < 4.78 is 0. The summed E-state index contributed by atoms with van der Waals surface area (Å²) in [6.07, 6.45) is 8.43. The number of hydrogen-bond acceptors (Lipinski definition) is 4. The number of fused-ring (bicyclic) bond motifs is 2. The van der Waals surface area contributed by atoms with E-state index in [1.54, 1.807) is 0 Å². The van der Waals surface area contributed by atoms with Crippen molar-refractivity contribution in [3.63, 3.8) is 0 Å². The van der Waals surface area contributed by atoms with Crippen molar-refractivity contribution in [3.8, 4) is 0 Å². The predicted molar refractivity (Wildman–Crippen MR) is 103 cm³/mol. The van der Waals surface area contributed by atoms with E-state index in [2.05, 4.69) is 35.3 Å². The van der Waals surface area contributed by atoms with E-state index in [9.17, 15) is 0 Å². The van der Waals surface area contributed by atoms with Crippen LogP contribution in [-0.2, 0) is 0 Å². The molecule has 0 amide bonds. The summed E-state index contributed by atoms with van der Waals surface area (Å²) in [6.45, 7) is 0. The van der Waals surface area contributed by atoms with Gasteiger partial charge >= 0.3 is 0 Å². The fraction of sp³-hybridized carbons (Fsp3) is 0.0952. The Morgan fingerprint density at radius 2 is 1.44 bits per heavy atom. The fourth-order valence-corrected chi connectivity index (χ4v) is 3.40. The van der Waals surface area contributed by atoms with Gasteiger partial charge in [0.2, 0.25) is 0 Å². The third-order valence-corrected chi connectivity index (χ3v) is 4.57. The first-order valence-electron chi connectivity index (χ1n) is 8.40. The van der Waals surface area contributed by atoms with E-state index in [0.717, 1.165) is 22.9 Å². The molecule has 2 aromatic carbocycles. The van der Waals surface area contributed by atoms with E-state index >= 15 is 0 Å². The lowest BCUT2D eigenvalue weighted by Crippen LogP contribution is -2.51. The molecule has 2 atom stereocenters. The molecule has 0 bridgehead atoms. The largest absolute Gasteiger partial charge is 0.314 e. The zero-order valence-corrected chi connectivity index (χ0v) is 13.5. The number of para-hydroxylation sites is 1. The second kappa shape index (κ2) is 5.67. The van der Waals surface area contributed by atoms with Gasteiger partial charge in [-0.05, 0) is 12.1 Å². The maximum absolute atomic E-state index is 4.84. The van der Waals surface area contributed by atoms with Crippen LogP contribution in [0.25, 0.3) is 0 Å². The third kappa shape index (κ3) is 2.34. The first-order chi connectivity index (χ1) is 12.4. The monoisotopic (exact) mass is 324 g/mol. The summed E-state index contributed by atoms with van der Waals surface area (Å²) in [5, 5.41) is 0. The van der Waals surface area contributed by atoms with Crippen molar-refractivity contribution in [3.05, 3.63) is 90.5 Å². The van der Waals surface area contributed by atoms with Crippen molar-refractivity contribution < 1.29 is 0 Å². The van der Waals surface area contributed by atoms with Crippen LogP contribution < -0.4 is 4.90 Å². The summed E-state index contributed by atoms with van der Waals surface area (Å²) in [5.41, 5.74) is 2.11. The van der Waals surface area contributed by atoms with E-state index < -0.39 is 0 Å². The quantitative estimate of drug-likeness (QED) is 0.831. The van der Waals surface area contributed by atoms with E-state index in [1.807, 2.05) is 54.6 Å². The van der Waals surface area contributed by atoms with Gasteiger partial charge in [-0.25, -0.2) is 9.98 Å². The Morgan fingerprint density at radius 3 is 2.24 bits per heavy atom. The number of aliphatic imine (C=N–C) groups is 3. The SMILES string of the molecule is C1=CC2N=C3N=C(c4ccccc4)N=C3N(c3ccccc3)C2C=C1. The molecule has 4 nitrogen and oxygen atoms in total. The Morgan fingerprint density at radius 1 is 0.720 bits per heavy atom. The van der Waals surface area contributed by atoms with E-state index in [1.165, 1.54) is 0 Å². The normalized spacial score (nSPS) is 23.5. The summed E-state index contributed by atoms with van der Waals surface area (Å²) in [4.78, 5) is 16.6. The summed E-state index contributed by atoms with van der Waals surface area (Å²) >= 11 is 0. The Hall–Kier alpha value is -3.27. The van der Waals surface area contributed by atoms with Crippen molar-refractivity contribution in [2.24, 2.45) is 15.0 Å². The Labute approximate surface area is 146 Å². The van der Waals surface area contributed by atoms with Gasteiger partial charge in [0.05, 0.1) is 12.1 Å². The van der Waals surface area contributed by atoms with Crippen LogP contribution in [0.15, 0.2) is 99.9 Å². The standard InChI is InChI=1S/C21H16N4/c1-3-9-15(10-4-1)19-23-20-21(24-19)25(16-11-5-2-6-12-16)18-14-8-7-13-17(18)22-20/h1-14,17-18H. The predicted octanol–water partition coefficient (Wildman–Crippen LogP) is 3.63. The second-order valence-corrected chi connectivity index (χ2v) is 6.15. The van der Waals surface area contributed by atoms with Gasteiger partial charge in [-0.2, -0.15) is 0 Å². The Kier molecular flexibility index (Phi) is 3.20. The highest BCUT2D eigenvalue weighted by molar-refractivity contribution is 6.52. The molecule has 1 aliphatic carbocycles.